The predicted molar refractivity (Wildman–Crippen MR) is 88.1 cm³/mol. The minimum absolute atomic E-state index is 0.462. The largest absolute Gasteiger partial charge is 0.365 e. The quantitative estimate of drug-likeness (QED) is 0.409. The Morgan fingerprint density at radius 3 is 2.50 bits per heavy atom. The first-order chi connectivity index (χ1) is 10.7. The van der Waals surface area contributed by atoms with Crippen molar-refractivity contribution in [2.75, 3.05) is 0 Å². The summed E-state index contributed by atoms with van der Waals surface area (Å²) in [6.45, 7) is 1.97. The van der Waals surface area contributed by atoms with Crippen molar-refractivity contribution in [3.05, 3.63) is 83.4 Å². The summed E-state index contributed by atoms with van der Waals surface area (Å²) in [4.78, 5) is 16.8. The molecule has 0 aliphatic rings. The van der Waals surface area contributed by atoms with Gasteiger partial charge in [-0.25, -0.2) is 4.79 Å². The average Bonchev–Trinajstić information content (AvgIpc) is 2.55. The van der Waals surface area contributed by atoms with Crippen LogP contribution in [0.15, 0.2) is 71.9 Å². The van der Waals surface area contributed by atoms with Gasteiger partial charge in [0.15, 0.2) is 0 Å². The van der Waals surface area contributed by atoms with E-state index in [1.165, 1.54) is 0 Å². The van der Waals surface area contributed by atoms with E-state index in [1.54, 1.807) is 18.3 Å². The molecule has 3 nitrogen and oxygen atoms in total. The number of benzene rings is 3. The number of rotatable bonds is 3. The van der Waals surface area contributed by atoms with Crippen molar-refractivity contribution >= 4 is 23.0 Å². The van der Waals surface area contributed by atoms with Gasteiger partial charge in [-0.1, -0.05) is 65.3 Å². The molecule has 22 heavy (non-hydrogen) atoms. The van der Waals surface area contributed by atoms with Crippen LogP contribution in [0.2, 0.25) is 0 Å². The molecule has 0 aliphatic carbocycles. The van der Waals surface area contributed by atoms with E-state index in [-0.39, 0.29) is 0 Å². The van der Waals surface area contributed by atoms with Gasteiger partial charge in [-0.2, -0.15) is 0 Å². The maximum Gasteiger partial charge on any atom is 0.365 e. The number of hydrogen-bond donors (Lipinski definition) is 0. The van der Waals surface area contributed by atoms with Crippen LogP contribution in [0.3, 0.4) is 0 Å². The van der Waals surface area contributed by atoms with Crippen LogP contribution in [0, 0.1) is 6.92 Å². The smallest absolute Gasteiger partial charge is 0.313 e. The van der Waals surface area contributed by atoms with Crippen molar-refractivity contribution in [3.63, 3.8) is 0 Å². The zero-order valence-corrected chi connectivity index (χ0v) is 12.2. The molecule has 0 saturated heterocycles. The number of hydrogen-bond acceptors (Lipinski definition) is 3. The van der Waals surface area contributed by atoms with Gasteiger partial charge in [0.05, 0.1) is 11.8 Å². The predicted octanol–water partition coefficient (Wildman–Crippen LogP) is 4.34. The minimum Gasteiger partial charge on any atom is -0.313 e. The molecule has 0 heterocycles. The standard InChI is InChI=1S/C19H15NO2/c1-14-9-11-16(12-10-14)19(21)22-20-13-17-7-4-6-15-5-2-3-8-18(15)17/h2-13H,1H3/b20-13-. The lowest BCUT2D eigenvalue weighted by Gasteiger charge is -2.01. The van der Waals surface area contributed by atoms with E-state index in [2.05, 4.69) is 5.16 Å². The molecule has 3 aromatic carbocycles. The van der Waals surface area contributed by atoms with Crippen molar-refractivity contribution in [1.29, 1.82) is 0 Å². The maximum absolute atomic E-state index is 11.9. The molecular weight excluding hydrogens is 274 g/mol. The Labute approximate surface area is 128 Å². The van der Waals surface area contributed by atoms with Gasteiger partial charge in [-0.05, 0) is 29.8 Å². The molecule has 0 aromatic heterocycles. The van der Waals surface area contributed by atoms with Gasteiger partial charge >= 0.3 is 5.97 Å². The van der Waals surface area contributed by atoms with Crippen molar-refractivity contribution in [2.24, 2.45) is 5.16 Å². The van der Waals surface area contributed by atoms with Gasteiger partial charge < -0.3 is 4.84 Å². The molecule has 0 bridgehead atoms. The van der Waals surface area contributed by atoms with Crippen molar-refractivity contribution in [2.45, 2.75) is 6.92 Å². The van der Waals surface area contributed by atoms with Crippen molar-refractivity contribution in [1.82, 2.24) is 0 Å². The topological polar surface area (TPSA) is 38.7 Å². The Hall–Kier alpha value is -2.94. The van der Waals surface area contributed by atoms with Gasteiger partial charge in [-0.3, -0.25) is 0 Å². The highest BCUT2D eigenvalue weighted by Crippen LogP contribution is 2.17. The van der Waals surface area contributed by atoms with E-state index >= 15 is 0 Å². The number of carbonyl (C=O) groups is 1. The minimum atomic E-state index is -0.462. The van der Waals surface area contributed by atoms with Gasteiger partial charge in [0.25, 0.3) is 0 Å². The molecule has 0 N–H and O–H groups in total. The normalized spacial score (nSPS) is 11.0. The van der Waals surface area contributed by atoms with E-state index in [0.29, 0.717) is 5.56 Å². The molecule has 0 spiro atoms. The summed E-state index contributed by atoms with van der Waals surface area (Å²) in [5.41, 5.74) is 2.49. The summed E-state index contributed by atoms with van der Waals surface area (Å²) in [6, 6.07) is 21.1. The van der Waals surface area contributed by atoms with E-state index in [9.17, 15) is 4.79 Å². The van der Waals surface area contributed by atoms with E-state index in [0.717, 1.165) is 21.9 Å². The molecule has 0 unspecified atom stereocenters. The Morgan fingerprint density at radius 1 is 0.955 bits per heavy atom. The van der Waals surface area contributed by atoms with Gasteiger partial charge in [0, 0.05) is 5.56 Å². The average molecular weight is 289 g/mol. The highest BCUT2D eigenvalue weighted by molar-refractivity contribution is 6.00. The molecule has 3 heteroatoms. The summed E-state index contributed by atoms with van der Waals surface area (Å²) in [5.74, 6) is -0.462. The van der Waals surface area contributed by atoms with Crippen LogP contribution in [-0.4, -0.2) is 12.2 Å². The van der Waals surface area contributed by atoms with Gasteiger partial charge in [0.2, 0.25) is 0 Å². The molecule has 0 amide bonds. The van der Waals surface area contributed by atoms with Crippen molar-refractivity contribution in [3.8, 4) is 0 Å². The Balaban J connectivity index is 1.76. The van der Waals surface area contributed by atoms with Crippen LogP contribution in [0.5, 0.6) is 0 Å². The first-order valence-electron chi connectivity index (χ1n) is 7.03. The van der Waals surface area contributed by atoms with Crippen LogP contribution < -0.4 is 0 Å². The highest BCUT2D eigenvalue weighted by atomic mass is 16.7. The SMILES string of the molecule is Cc1ccc(C(=O)O/N=C\c2cccc3ccccc23)cc1. The summed E-state index contributed by atoms with van der Waals surface area (Å²) >= 11 is 0. The second kappa shape index (κ2) is 6.22. The number of aryl methyl sites for hydroxylation is 1. The van der Waals surface area contributed by atoms with Crippen LogP contribution >= 0.6 is 0 Å². The third kappa shape index (κ3) is 3.04. The first kappa shape index (κ1) is 14.0. The lowest BCUT2D eigenvalue weighted by molar-refractivity contribution is 0.0519. The Kier molecular flexibility index (Phi) is 3.97. The van der Waals surface area contributed by atoms with Crippen LogP contribution in [0.1, 0.15) is 21.5 Å². The zero-order chi connectivity index (χ0) is 15.4. The second-order valence-electron chi connectivity index (χ2n) is 5.05. The highest BCUT2D eigenvalue weighted by Gasteiger charge is 2.05. The summed E-state index contributed by atoms with van der Waals surface area (Å²) in [6.07, 6.45) is 1.56. The second-order valence-corrected chi connectivity index (χ2v) is 5.05. The van der Waals surface area contributed by atoms with Crippen LogP contribution in [0.4, 0.5) is 0 Å². The molecule has 3 rings (SSSR count). The number of oxime groups is 1. The lowest BCUT2D eigenvalue weighted by atomic mass is 10.1. The first-order valence-corrected chi connectivity index (χ1v) is 7.03. The Bertz CT molecular complexity index is 830. The third-order valence-corrected chi connectivity index (χ3v) is 3.44. The molecule has 108 valence electrons. The van der Waals surface area contributed by atoms with Crippen LogP contribution in [0.25, 0.3) is 10.8 Å². The third-order valence-electron chi connectivity index (χ3n) is 3.44. The molecular formula is C19H15NO2. The van der Waals surface area contributed by atoms with Crippen molar-refractivity contribution < 1.29 is 9.63 Å². The molecule has 0 fully saturated rings. The molecule has 3 aromatic rings. The summed E-state index contributed by atoms with van der Waals surface area (Å²) in [7, 11) is 0. The lowest BCUT2D eigenvalue weighted by Crippen LogP contribution is -2.00. The van der Waals surface area contributed by atoms with E-state index in [1.807, 2.05) is 61.5 Å². The monoisotopic (exact) mass is 289 g/mol. The summed E-state index contributed by atoms with van der Waals surface area (Å²) in [5, 5.41) is 6.01. The number of nitrogens with zero attached hydrogens (tertiary/aromatic N) is 1. The molecule has 0 saturated carbocycles. The maximum atomic E-state index is 11.9. The van der Waals surface area contributed by atoms with E-state index < -0.39 is 5.97 Å². The number of fused-ring (bicyclic) bond motifs is 1. The fraction of sp³-hybridized carbons (Fsp3) is 0.0526. The molecule has 0 radical (unpaired) electrons. The summed E-state index contributed by atoms with van der Waals surface area (Å²) < 4.78 is 0. The Morgan fingerprint density at radius 2 is 1.68 bits per heavy atom. The fourth-order valence-electron chi connectivity index (χ4n) is 2.24. The molecule has 0 atom stereocenters. The molecule has 0 aliphatic heterocycles. The fourth-order valence-corrected chi connectivity index (χ4v) is 2.24. The van der Waals surface area contributed by atoms with Gasteiger partial charge in [-0.15, -0.1) is 0 Å². The zero-order valence-electron chi connectivity index (χ0n) is 12.2. The van der Waals surface area contributed by atoms with Crippen LogP contribution in [-0.2, 0) is 4.84 Å². The van der Waals surface area contributed by atoms with E-state index in [4.69, 9.17) is 4.84 Å². The number of carbonyl (C=O) groups excluding carboxylic acids is 1. The van der Waals surface area contributed by atoms with Gasteiger partial charge in [0.1, 0.15) is 0 Å².